The highest BCUT2D eigenvalue weighted by atomic mass is 32.2. The Kier molecular flexibility index (Phi) is 4.06. The summed E-state index contributed by atoms with van der Waals surface area (Å²) in [6.45, 7) is 2.05. The van der Waals surface area contributed by atoms with E-state index in [0.29, 0.717) is 0 Å². The second-order valence-electron chi connectivity index (χ2n) is 3.57. The molecule has 0 bridgehead atoms. The first-order chi connectivity index (χ1) is 8.29. The molecule has 5 heteroatoms. The molecule has 2 aromatic rings. The van der Waals surface area contributed by atoms with Gasteiger partial charge in [0.2, 0.25) is 0 Å². The minimum Gasteiger partial charge on any atom is -0.323 e. The fourth-order valence-corrected chi connectivity index (χ4v) is 2.00. The molecule has 0 aliphatic rings. The van der Waals surface area contributed by atoms with E-state index in [-0.39, 0.29) is 6.04 Å². The lowest BCUT2D eigenvalue weighted by Crippen LogP contribution is -2.10. The smallest absolute Gasteiger partial charge is 0.192 e. The molecular formula is C12H14N4S. The van der Waals surface area contributed by atoms with Gasteiger partial charge in [-0.3, -0.25) is 4.98 Å². The SMILES string of the molecule is CCC(N)c1ccc(Sc2ncccn2)cn1. The molecule has 2 rings (SSSR count). The van der Waals surface area contributed by atoms with Crippen LogP contribution < -0.4 is 5.73 Å². The second-order valence-corrected chi connectivity index (χ2v) is 4.61. The number of nitrogens with zero attached hydrogens (tertiary/aromatic N) is 3. The lowest BCUT2D eigenvalue weighted by atomic mass is 10.1. The summed E-state index contributed by atoms with van der Waals surface area (Å²) in [5.41, 5.74) is 6.82. The van der Waals surface area contributed by atoms with Gasteiger partial charge in [0.25, 0.3) is 0 Å². The van der Waals surface area contributed by atoms with Crippen molar-refractivity contribution in [1.29, 1.82) is 0 Å². The Hall–Kier alpha value is -1.46. The summed E-state index contributed by atoms with van der Waals surface area (Å²) in [6, 6.07) is 5.77. The van der Waals surface area contributed by atoms with Crippen molar-refractivity contribution < 1.29 is 0 Å². The number of nitrogens with two attached hydrogens (primary N) is 1. The van der Waals surface area contributed by atoms with Crippen LogP contribution in [-0.4, -0.2) is 15.0 Å². The van der Waals surface area contributed by atoms with Crippen LogP contribution in [0.3, 0.4) is 0 Å². The minimum absolute atomic E-state index is 0.0158. The maximum Gasteiger partial charge on any atom is 0.192 e. The monoisotopic (exact) mass is 246 g/mol. The summed E-state index contributed by atoms with van der Waals surface area (Å²) in [6.07, 6.45) is 6.15. The van der Waals surface area contributed by atoms with E-state index in [4.69, 9.17) is 5.73 Å². The van der Waals surface area contributed by atoms with Crippen LogP contribution in [0.2, 0.25) is 0 Å². The molecule has 88 valence electrons. The van der Waals surface area contributed by atoms with Crippen molar-refractivity contribution in [2.24, 2.45) is 5.73 Å². The first-order valence-electron chi connectivity index (χ1n) is 5.46. The van der Waals surface area contributed by atoms with E-state index in [1.165, 1.54) is 11.8 Å². The molecule has 0 amide bonds. The van der Waals surface area contributed by atoms with E-state index in [0.717, 1.165) is 22.2 Å². The van der Waals surface area contributed by atoms with Gasteiger partial charge in [0.05, 0.1) is 5.69 Å². The van der Waals surface area contributed by atoms with Gasteiger partial charge in [-0.2, -0.15) is 0 Å². The fourth-order valence-electron chi connectivity index (χ4n) is 1.32. The molecule has 0 aliphatic heterocycles. The summed E-state index contributed by atoms with van der Waals surface area (Å²) in [5, 5.41) is 0.724. The predicted octanol–water partition coefficient (Wildman–Crippen LogP) is 2.43. The average Bonchev–Trinajstić information content (AvgIpc) is 2.40. The zero-order chi connectivity index (χ0) is 12.1. The lowest BCUT2D eigenvalue weighted by Gasteiger charge is -2.08. The molecule has 1 atom stereocenters. The lowest BCUT2D eigenvalue weighted by molar-refractivity contribution is 0.674. The van der Waals surface area contributed by atoms with Gasteiger partial charge in [0.15, 0.2) is 5.16 Å². The normalized spacial score (nSPS) is 12.4. The molecule has 0 spiro atoms. The summed E-state index contributed by atoms with van der Waals surface area (Å²) in [5.74, 6) is 0. The van der Waals surface area contributed by atoms with Crippen molar-refractivity contribution in [1.82, 2.24) is 15.0 Å². The predicted molar refractivity (Wildman–Crippen MR) is 67.6 cm³/mol. The molecule has 17 heavy (non-hydrogen) atoms. The van der Waals surface area contributed by atoms with Crippen molar-refractivity contribution in [3.8, 4) is 0 Å². The molecule has 4 nitrogen and oxygen atoms in total. The van der Waals surface area contributed by atoms with Crippen LogP contribution >= 0.6 is 11.8 Å². The van der Waals surface area contributed by atoms with Gasteiger partial charge in [0, 0.05) is 29.5 Å². The number of pyridine rings is 1. The van der Waals surface area contributed by atoms with Crippen molar-refractivity contribution in [2.75, 3.05) is 0 Å². The molecule has 1 unspecified atom stereocenters. The Bertz CT molecular complexity index is 458. The van der Waals surface area contributed by atoms with Crippen LogP contribution in [0.1, 0.15) is 25.1 Å². The molecule has 2 aromatic heterocycles. The Morgan fingerprint density at radius 3 is 2.59 bits per heavy atom. The Balaban J connectivity index is 2.08. The third kappa shape index (κ3) is 3.25. The first-order valence-corrected chi connectivity index (χ1v) is 6.27. The third-order valence-electron chi connectivity index (χ3n) is 2.33. The van der Waals surface area contributed by atoms with Crippen LogP contribution in [0.5, 0.6) is 0 Å². The highest BCUT2D eigenvalue weighted by Gasteiger charge is 2.05. The van der Waals surface area contributed by atoms with E-state index >= 15 is 0 Å². The van der Waals surface area contributed by atoms with Gasteiger partial charge in [-0.05, 0) is 36.4 Å². The van der Waals surface area contributed by atoms with E-state index in [9.17, 15) is 0 Å². The summed E-state index contributed by atoms with van der Waals surface area (Å²) < 4.78 is 0. The molecule has 0 aliphatic carbocycles. The quantitative estimate of drug-likeness (QED) is 0.839. The summed E-state index contributed by atoms with van der Waals surface area (Å²) >= 11 is 1.49. The van der Waals surface area contributed by atoms with Crippen LogP contribution in [-0.2, 0) is 0 Å². The standard InChI is InChI=1S/C12H14N4S/c1-2-10(13)11-5-4-9(8-16-11)17-12-14-6-3-7-15-12/h3-8,10H,2,13H2,1H3. The maximum absolute atomic E-state index is 5.90. The number of hydrogen-bond acceptors (Lipinski definition) is 5. The minimum atomic E-state index is 0.0158. The van der Waals surface area contributed by atoms with E-state index in [2.05, 4.69) is 15.0 Å². The number of rotatable bonds is 4. The fraction of sp³-hybridized carbons (Fsp3) is 0.250. The summed E-state index contributed by atoms with van der Waals surface area (Å²) in [4.78, 5) is 13.7. The van der Waals surface area contributed by atoms with Crippen molar-refractivity contribution >= 4 is 11.8 Å². The molecule has 0 radical (unpaired) electrons. The van der Waals surface area contributed by atoms with Gasteiger partial charge >= 0.3 is 0 Å². The van der Waals surface area contributed by atoms with Crippen molar-refractivity contribution in [3.63, 3.8) is 0 Å². The van der Waals surface area contributed by atoms with Crippen LogP contribution in [0.4, 0.5) is 0 Å². The van der Waals surface area contributed by atoms with Crippen LogP contribution in [0, 0.1) is 0 Å². The number of aromatic nitrogens is 3. The van der Waals surface area contributed by atoms with Gasteiger partial charge in [-0.1, -0.05) is 6.92 Å². The van der Waals surface area contributed by atoms with Gasteiger partial charge < -0.3 is 5.73 Å². The van der Waals surface area contributed by atoms with Crippen molar-refractivity contribution in [2.45, 2.75) is 29.4 Å². The largest absolute Gasteiger partial charge is 0.323 e. The molecule has 2 N–H and O–H groups in total. The van der Waals surface area contributed by atoms with Gasteiger partial charge in [0.1, 0.15) is 0 Å². The molecule has 0 aromatic carbocycles. The van der Waals surface area contributed by atoms with Crippen LogP contribution in [0.15, 0.2) is 46.8 Å². The van der Waals surface area contributed by atoms with E-state index in [1.807, 2.05) is 25.3 Å². The molecular weight excluding hydrogens is 232 g/mol. The molecule has 0 saturated carbocycles. The Morgan fingerprint density at radius 2 is 2.00 bits per heavy atom. The van der Waals surface area contributed by atoms with E-state index in [1.54, 1.807) is 18.5 Å². The molecule has 0 saturated heterocycles. The molecule has 0 fully saturated rings. The van der Waals surface area contributed by atoms with Gasteiger partial charge in [-0.15, -0.1) is 0 Å². The van der Waals surface area contributed by atoms with Crippen LogP contribution in [0.25, 0.3) is 0 Å². The first kappa shape index (κ1) is 12.0. The molecule has 2 heterocycles. The third-order valence-corrected chi connectivity index (χ3v) is 3.20. The zero-order valence-electron chi connectivity index (χ0n) is 9.58. The van der Waals surface area contributed by atoms with Gasteiger partial charge in [-0.25, -0.2) is 9.97 Å². The highest BCUT2D eigenvalue weighted by Crippen LogP contribution is 2.24. The maximum atomic E-state index is 5.90. The highest BCUT2D eigenvalue weighted by molar-refractivity contribution is 7.99. The van der Waals surface area contributed by atoms with E-state index < -0.39 is 0 Å². The number of hydrogen-bond donors (Lipinski definition) is 1. The summed E-state index contributed by atoms with van der Waals surface area (Å²) in [7, 11) is 0. The topological polar surface area (TPSA) is 64.7 Å². The zero-order valence-corrected chi connectivity index (χ0v) is 10.4. The average molecular weight is 246 g/mol. The second kappa shape index (κ2) is 5.75. The Labute approximate surface area is 105 Å². The Morgan fingerprint density at radius 1 is 1.24 bits per heavy atom. The van der Waals surface area contributed by atoms with Crippen molar-refractivity contribution in [3.05, 3.63) is 42.5 Å².